The van der Waals surface area contributed by atoms with Crippen LogP contribution in [-0.4, -0.2) is 4.98 Å². The summed E-state index contributed by atoms with van der Waals surface area (Å²) in [4.78, 5) is 4.51. The fourth-order valence-corrected chi connectivity index (χ4v) is 2.15. The Morgan fingerprint density at radius 3 is 2.87 bits per heavy atom. The molecule has 0 radical (unpaired) electrons. The fourth-order valence-electron chi connectivity index (χ4n) is 1.30. The molecule has 80 valence electrons. The summed E-state index contributed by atoms with van der Waals surface area (Å²) in [5.41, 5.74) is 8.01. The van der Waals surface area contributed by atoms with Crippen molar-refractivity contribution in [1.29, 1.82) is 0 Å². The van der Waals surface area contributed by atoms with Crippen molar-refractivity contribution in [2.45, 2.75) is 19.9 Å². The summed E-state index contributed by atoms with van der Waals surface area (Å²) in [6.45, 7) is 4.20. The molecule has 2 aromatic rings. The van der Waals surface area contributed by atoms with Crippen molar-refractivity contribution in [3.05, 3.63) is 29.7 Å². The lowest BCUT2D eigenvalue weighted by Gasteiger charge is -2.11. The molecule has 0 aliphatic rings. The molecular formula is C11H14N2OS. The van der Waals surface area contributed by atoms with E-state index in [0.29, 0.717) is 5.92 Å². The number of furan rings is 1. The van der Waals surface area contributed by atoms with E-state index in [4.69, 9.17) is 10.2 Å². The first kappa shape index (κ1) is 10.4. The maximum Gasteiger partial charge on any atom is 0.126 e. The second-order valence-electron chi connectivity index (χ2n) is 3.86. The van der Waals surface area contributed by atoms with Gasteiger partial charge in [-0.25, -0.2) is 4.98 Å². The standard InChI is InChI=1S/C11H14N2OS/c1-7(2)10(12)9-6-15-11(13-9)8-3-4-14-5-8/h3-7,10H,12H2,1-2H3. The number of nitrogens with two attached hydrogens (primary N) is 1. The molecule has 2 heterocycles. The maximum atomic E-state index is 6.03. The number of nitrogens with zero attached hydrogens (tertiary/aromatic N) is 1. The van der Waals surface area contributed by atoms with Gasteiger partial charge in [-0.15, -0.1) is 11.3 Å². The van der Waals surface area contributed by atoms with Gasteiger partial charge >= 0.3 is 0 Å². The summed E-state index contributed by atoms with van der Waals surface area (Å²) < 4.78 is 5.02. The maximum absolute atomic E-state index is 6.03. The third-order valence-electron chi connectivity index (χ3n) is 2.35. The highest BCUT2D eigenvalue weighted by Gasteiger charge is 2.14. The van der Waals surface area contributed by atoms with Gasteiger partial charge in [-0.3, -0.25) is 0 Å². The number of thiazole rings is 1. The Morgan fingerprint density at radius 1 is 1.47 bits per heavy atom. The van der Waals surface area contributed by atoms with Crippen LogP contribution < -0.4 is 5.73 Å². The topological polar surface area (TPSA) is 52.0 Å². The summed E-state index contributed by atoms with van der Waals surface area (Å²) in [7, 11) is 0. The van der Waals surface area contributed by atoms with Crippen LogP contribution in [-0.2, 0) is 0 Å². The van der Waals surface area contributed by atoms with Crippen molar-refractivity contribution >= 4 is 11.3 Å². The molecule has 2 rings (SSSR count). The number of hydrogen-bond donors (Lipinski definition) is 1. The molecule has 3 nitrogen and oxygen atoms in total. The molecule has 0 aliphatic heterocycles. The van der Waals surface area contributed by atoms with Gasteiger partial charge in [0.2, 0.25) is 0 Å². The molecule has 0 spiro atoms. The molecular weight excluding hydrogens is 208 g/mol. The SMILES string of the molecule is CC(C)C(N)c1csc(-c2ccoc2)n1. The molecule has 0 saturated heterocycles. The van der Waals surface area contributed by atoms with Crippen LogP contribution in [0, 0.1) is 5.92 Å². The van der Waals surface area contributed by atoms with E-state index in [1.165, 1.54) is 0 Å². The molecule has 1 unspecified atom stereocenters. The van der Waals surface area contributed by atoms with Crippen molar-refractivity contribution in [2.75, 3.05) is 0 Å². The zero-order valence-corrected chi connectivity index (χ0v) is 9.62. The van der Waals surface area contributed by atoms with Gasteiger partial charge in [-0.05, 0) is 12.0 Å². The summed E-state index contributed by atoms with van der Waals surface area (Å²) in [5, 5.41) is 2.99. The minimum Gasteiger partial charge on any atom is -0.472 e. The highest BCUT2D eigenvalue weighted by Crippen LogP contribution is 2.27. The van der Waals surface area contributed by atoms with Crippen LogP contribution in [0.5, 0.6) is 0 Å². The second kappa shape index (κ2) is 4.16. The monoisotopic (exact) mass is 222 g/mol. The minimum absolute atomic E-state index is 0.0156. The first-order valence-corrected chi connectivity index (χ1v) is 5.80. The zero-order valence-electron chi connectivity index (χ0n) is 8.81. The predicted molar refractivity (Wildman–Crippen MR) is 61.6 cm³/mol. The molecule has 0 bridgehead atoms. The van der Waals surface area contributed by atoms with Crippen LogP contribution in [0.3, 0.4) is 0 Å². The Labute approximate surface area is 92.9 Å². The first-order chi connectivity index (χ1) is 7.18. The third-order valence-corrected chi connectivity index (χ3v) is 3.26. The molecule has 0 amide bonds. The van der Waals surface area contributed by atoms with E-state index in [9.17, 15) is 0 Å². The van der Waals surface area contributed by atoms with Crippen molar-refractivity contribution in [1.82, 2.24) is 4.98 Å². The Morgan fingerprint density at radius 2 is 2.27 bits per heavy atom. The van der Waals surface area contributed by atoms with Crippen LogP contribution in [0.4, 0.5) is 0 Å². The van der Waals surface area contributed by atoms with Crippen LogP contribution in [0.25, 0.3) is 10.6 Å². The molecule has 0 saturated carbocycles. The van der Waals surface area contributed by atoms with Crippen molar-refractivity contribution < 1.29 is 4.42 Å². The first-order valence-electron chi connectivity index (χ1n) is 4.92. The quantitative estimate of drug-likeness (QED) is 0.868. The van der Waals surface area contributed by atoms with Crippen LogP contribution in [0.2, 0.25) is 0 Å². The van der Waals surface area contributed by atoms with Gasteiger partial charge in [0.15, 0.2) is 0 Å². The lowest BCUT2D eigenvalue weighted by Crippen LogP contribution is -2.16. The van der Waals surface area contributed by atoms with Crippen LogP contribution in [0.15, 0.2) is 28.4 Å². The van der Waals surface area contributed by atoms with E-state index in [1.54, 1.807) is 23.9 Å². The molecule has 15 heavy (non-hydrogen) atoms. The van der Waals surface area contributed by atoms with Gasteiger partial charge in [-0.1, -0.05) is 13.8 Å². The van der Waals surface area contributed by atoms with E-state index < -0.39 is 0 Å². The van der Waals surface area contributed by atoms with Crippen LogP contribution >= 0.6 is 11.3 Å². The summed E-state index contributed by atoms with van der Waals surface area (Å²) in [5.74, 6) is 0.407. The Balaban J connectivity index is 2.25. The number of hydrogen-bond acceptors (Lipinski definition) is 4. The van der Waals surface area contributed by atoms with E-state index in [-0.39, 0.29) is 6.04 Å². The lowest BCUT2D eigenvalue weighted by molar-refractivity contribution is 0.505. The predicted octanol–water partition coefficient (Wildman–Crippen LogP) is 3.06. The van der Waals surface area contributed by atoms with E-state index in [2.05, 4.69) is 18.8 Å². The average molecular weight is 222 g/mol. The van der Waals surface area contributed by atoms with Crippen molar-refractivity contribution in [3.8, 4) is 10.6 Å². The van der Waals surface area contributed by atoms with Crippen LogP contribution in [0.1, 0.15) is 25.6 Å². The van der Waals surface area contributed by atoms with Gasteiger partial charge < -0.3 is 10.2 Å². The largest absolute Gasteiger partial charge is 0.472 e. The number of rotatable bonds is 3. The molecule has 1 atom stereocenters. The van der Waals surface area contributed by atoms with Gasteiger partial charge in [-0.2, -0.15) is 0 Å². The molecule has 2 N–H and O–H groups in total. The molecule has 0 fully saturated rings. The molecule has 0 aromatic carbocycles. The zero-order chi connectivity index (χ0) is 10.8. The number of aromatic nitrogens is 1. The van der Waals surface area contributed by atoms with Gasteiger partial charge in [0.05, 0.1) is 18.0 Å². The molecule has 2 aromatic heterocycles. The Bertz CT molecular complexity index is 419. The van der Waals surface area contributed by atoms with Gasteiger partial charge in [0.1, 0.15) is 11.3 Å². The summed E-state index contributed by atoms with van der Waals surface area (Å²) >= 11 is 1.60. The van der Waals surface area contributed by atoms with Crippen molar-refractivity contribution in [3.63, 3.8) is 0 Å². The normalized spacial score (nSPS) is 13.3. The highest BCUT2D eigenvalue weighted by atomic mass is 32.1. The highest BCUT2D eigenvalue weighted by molar-refractivity contribution is 7.13. The summed E-state index contributed by atoms with van der Waals surface area (Å²) in [6, 6.07) is 1.92. The third kappa shape index (κ3) is 2.11. The lowest BCUT2D eigenvalue weighted by atomic mass is 10.0. The van der Waals surface area contributed by atoms with Crippen molar-refractivity contribution in [2.24, 2.45) is 11.7 Å². The Hall–Kier alpha value is -1.13. The Kier molecular flexibility index (Phi) is 2.88. The molecule has 0 aliphatic carbocycles. The fraction of sp³-hybridized carbons (Fsp3) is 0.364. The minimum atomic E-state index is 0.0156. The average Bonchev–Trinajstić information content (AvgIpc) is 2.86. The van der Waals surface area contributed by atoms with E-state index in [0.717, 1.165) is 16.3 Å². The van der Waals surface area contributed by atoms with Gasteiger partial charge in [0, 0.05) is 10.9 Å². The second-order valence-corrected chi connectivity index (χ2v) is 4.72. The van der Waals surface area contributed by atoms with Gasteiger partial charge in [0.25, 0.3) is 0 Å². The smallest absolute Gasteiger partial charge is 0.126 e. The van der Waals surface area contributed by atoms with E-state index in [1.807, 2.05) is 11.4 Å². The molecule has 4 heteroatoms. The summed E-state index contributed by atoms with van der Waals surface area (Å²) in [6.07, 6.45) is 3.35. The van der Waals surface area contributed by atoms with E-state index >= 15 is 0 Å².